The number of hydrogen-bond donors (Lipinski definition) is 1. The Hall–Kier alpha value is -2.02. The highest BCUT2D eigenvalue weighted by Gasteiger charge is 2.21. The Morgan fingerprint density at radius 1 is 1.32 bits per heavy atom. The number of carbonyl (C=O) groups is 1. The molecule has 0 saturated carbocycles. The average Bonchev–Trinajstić information content (AvgIpc) is 2.81. The maximum absolute atomic E-state index is 12.6. The molecule has 7 heteroatoms. The molecule has 6 nitrogen and oxygen atoms in total. The van der Waals surface area contributed by atoms with Gasteiger partial charge in [-0.1, -0.05) is 24.2 Å². The number of thioether (sulfide) groups is 1. The van der Waals surface area contributed by atoms with Crippen LogP contribution in [0.3, 0.4) is 0 Å². The van der Waals surface area contributed by atoms with Gasteiger partial charge in [0.1, 0.15) is 11.6 Å². The van der Waals surface area contributed by atoms with Gasteiger partial charge in [0.15, 0.2) is 5.16 Å². The fourth-order valence-corrected chi connectivity index (χ4v) is 3.81. The Balaban J connectivity index is 1.69. The third-order valence-electron chi connectivity index (χ3n) is 4.34. The zero-order valence-corrected chi connectivity index (χ0v) is 15.7. The summed E-state index contributed by atoms with van der Waals surface area (Å²) in [5.74, 6) is 1.63. The first-order valence-electron chi connectivity index (χ1n) is 8.62. The second kappa shape index (κ2) is 7.91. The topological polar surface area (TPSA) is 69.0 Å². The van der Waals surface area contributed by atoms with Crippen molar-refractivity contribution in [2.75, 3.05) is 12.4 Å². The lowest BCUT2D eigenvalue weighted by Gasteiger charge is -2.15. The molecule has 1 amide bonds. The van der Waals surface area contributed by atoms with E-state index in [2.05, 4.69) is 20.1 Å². The summed E-state index contributed by atoms with van der Waals surface area (Å²) in [5, 5.41) is 12.1. The molecule has 134 valence electrons. The molecule has 0 aliphatic carbocycles. The first kappa shape index (κ1) is 17.8. The number of carbonyl (C=O) groups excluding carboxylic acids is 1. The summed E-state index contributed by atoms with van der Waals surface area (Å²) in [6.45, 7) is 4.81. The number of anilines is 1. The summed E-state index contributed by atoms with van der Waals surface area (Å²) in [6, 6.07) is 5.73. The van der Waals surface area contributed by atoms with E-state index in [1.54, 1.807) is 7.11 Å². The van der Waals surface area contributed by atoms with Crippen molar-refractivity contribution in [2.45, 2.75) is 56.5 Å². The molecular formula is C18H24N4O2S. The fourth-order valence-electron chi connectivity index (χ4n) is 2.91. The predicted octanol–water partition coefficient (Wildman–Crippen LogP) is 3.44. The summed E-state index contributed by atoms with van der Waals surface area (Å²) >= 11 is 1.46. The van der Waals surface area contributed by atoms with Crippen LogP contribution in [0.4, 0.5) is 5.69 Å². The van der Waals surface area contributed by atoms with Gasteiger partial charge in [-0.15, -0.1) is 10.2 Å². The van der Waals surface area contributed by atoms with Gasteiger partial charge < -0.3 is 14.6 Å². The molecule has 25 heavy (non-hydrogen) atoms. The zero-order valence-electron chi connectivity index (χ0n) is 14.9. The normalized spacial score (nSPS) is 15.2. The molecule has 0 unspecified atom stereocenters. The van der Waals surface area contributed by atoms with E-state index in [1.165, 1.54) is 18.2 Å². The molecule has 3 rings (SSSR count). The monoisotopic (exact) mass is 360 g/mol. The molecule has 1 N–H and O–H groups in total. The molecule has 2 aromatic rings. The van der Waals surface area contributed by atoms with Crippen molar-refractivity contribution in [3.05, 3.63) is 29.6 Å². The summed E-state index contributed by atoms with van der Waals surface area (Å²) in [6.07, 6.45) is 4.48. The van der Waals surface area contributed by atoms with E-state index in [1.807, 2.05) is 32.0 Å². The maximum Gasteiger partial charge on any atom is 0.237 e. The number of nitrogens with zero attached hydrogens (tertiary/aromatic N) is 3. The van der Waals surface area contributed by atoms with Gasteiger partial charge in [0, 0.05) is 13.0 Å². The number of methoxy groups -OCH3 is 1. The molecule has 0 fully saturated rings. The van der Waals surface area contributed by atoms with Gasteiger partial charge in [0.05, 0.1) is 18.0 Å². The predicted molar refractivity (Wildman–Crippen MR) is 99.3 cm³/mol. The van der Waals surface area contributed by atoms with Crippen LogP contribution in [-0.2, 0) is 17.8 Å². The molecule has 0 saturated heterocycles. The molecule has 0 bridgehead atoms. The van der Waals surface area contributed by atoms with Crippen molar-refractivity contribution in [3.8, 4) is 5.75 Å². The third kappa shape index (κ3) is 4.15. The van der Waals surface area contributed by atoms with Gasteiger partial charge in [-0.2, -0.15) is 0 Å². The molecule has 1 aliphatic rings. The first-order valence-corrected chi connectivity index (χ1v) is 9.50. The van der Waals surface area contributed by atoms with Gasteiger partial charge in [-0.3, -0.25) is 4.79 Å². The summed E-state index contributed by atoms with van der Waals surface area (Å²) in [7, 11) is 1.60. The maximum atomic E-state index is 12.6. The Morgan fingerprint density at radius 2 is 2.16 bits per heavy atom. The number of aromatic nitrogens is 3. The number of ether oxygens (including phenoxy) is 1. The standard InChI is InChI=1S/C18H24N4O2S/c1-12-8-9-15(24-3)14(11-12)19-17(23)13(2)25-18-21-20-16-7-5-4-6-10-22(16)18/h8-9,11,13H,4-7,10H2,1-3H3,(H,19,23)/t13-/m1/s1. The van der Waals surface area contributed by atoms with Crippen molar-refractivity contribution >= 4 is 23.4 Å². The van der Waals surface area contributed by atoms with Crippen molar-refractivity contribution in [3.63, 3.8) is 0 Å². The number of amides is 1. The Kier molecular flexibility index (Phi) is 5.63. The van der Waals surface area contributed by atoms with E-state index >= 15 is 0 Å². The van der Waals surface area contributed by atoms with Crippen LogP contribution in [0.1, 0.15) is 37.6 Å². The largest absolute Gasteiger partial charge is 0.495 e. The Bertz CT molecular complexity index is 760. The van der Waals surface area contributed by atoms with E-state index in [0.717, 1.165) is 42.4 Å². The van der Waals surface area contributed by atoms with Crippen LogP contribution in [0.5, 0.6) is 5.75 Å². The van der Waals surface area contributed by atoms with Crippen molar-refractivity contribution in [1.82, 2.24) is 14.8 Å². The molecule has 1 atom stereocenters. The lowest BCUT2D eigenvalue weighted by Crippen LogP contribution is -2.23. The lowest BCUT2D eigenvalue weighted by atomic mass is 10.2. The summed E-state index contributed by atoms with van der Waals surface area (Å²) in [5.41, 5.74) is 1.76. The first-order chi connectivity index (χ1) is 12.1. The van der Waals surface area contributed by atoms with Crippen LogP contribution in [0, 0.1) is 6.92 Å². The minimum absolute atomic E-state index is 0.0696. The van der Waals surface area contributed by atoms with Crippen LogP contribution < -0.4 is 10.1 Å². The van der Waals surface area contributed by atoms with Crippen molar-refractivity contribution < 1.29 is 9.53 Å². The highest BCUT2D eigenvalue weighted by Crippen LogP contribution is 2.29. The number of fused-ring (bicyclic) bond motifs is 1. The number of aryl methyl sites for hydroxylation is 2. The van der Waals surface area contributed by atoms with E-state index in [-0.39, 0.29) is 11.2 Å². The number of rotatable bonds is 5. The minimum Gasteiger partial charge on any atom is -0.495 e. The van der Waals surface area contributed by atoms with Gasteiger partial charge in [0.25, 0.3) is 0 Å². The van der Waals surface area contributed by atoms with Crippen LogP contribution in [0.15, 0.2) is 23.4 Å². The molecular weight excluding hydrogens is 336 g/mol. The van der Waals surface area contributed by atoms with E-state index in [9.17, 15) is 4.79 Å². The van der Waals surface area contributed by atoms with Crippen molar-refractivity contribution in [2.24, 2.45) is 0 Å². The molecule has 1 aromatic heterocycles. The van der Waals surface area contributed by atoms with E-state index < -0.39 is 0 Å². The lowest BCUT2D eigenvalue weighted by molar-refractivity contribution is -0.115. The second-order valence-electron chi connectivity index (χ2n) is 6.31. The SMILES string of the molecule is COc1ccc(C)cc1NC(=O)[C@@H](C)Sc1nnc2n1CCCCC2. The van der Waals surface area contributed by atoms with Crippen LogP contribution in [0.25, 0.3) is 0 Å². The van der Waals surface area contributed by atoms with Gasteiger partial charge in [0.2, 0.25) is 5.91 Å². The highest BCUT2D eigenvalue weighted by molar-refractivity contribution is 8.00. The number of hydrogen-bond acceptors (Lipinski definition) is 5. The van der Waals surface area contributed by atoms with Crippen molar-refractivity contribution in [1.29, 1.82) is 0 Å². The quantitative estimate of drug-likeness (QED) is 0.827. The van der Waals surface area contributed by atoms with Gasteiger partial charge in [-0.05, 0) is 44.4 Å². The van der Waals surface area contributed by atoms with Crippen LogP contribution >= 0.6 is 11.8 Å². The summed E-state index contributed by atoms with van der Waals surface area (Å²) < 4.78 is 7.49. The zero-order chi connectivity index (χ0) is 17.8. The number of benzene rings is 1. The molecule has 0 spiro atoms. The average molecular weight is 360 g/mol. The summed E-state index contributed by atoms with van der Waals surface area (Å²) in [4.78, 5) is 12.6. The molecule has 1 aliphatic heterocycles. The fraction of sp³-hybridized carbons (Fsp3) is 0.500. The Labute approximate surface area is 152 Å². The molecule has 1 aromatic carbocycles. The van der Waals surface area contributed by atoms with Crippen LogP contribution in [-0.4, -0.2) is 33.0 Å². The van der Waals surface area contributed by atoms with Gasteiger partial charge in [-0.25, -0.2) is 0 Å². The molecule has 2 heterocycles. The smallest absolute Gasteiger partial charge is 0.237 e. The molecule has 0 radical (unpaired) electrons. The second-order valence-corrected chi connectivity index (χ2v) is 7.62. The third-order valence-corrected chi connectivity index (χ3v) is 5.42. The number of nitrogens with one attached hydrogen (secondary N) is 1. The van der Waals surface area contributed by atoms with E-state index in [4.69, 9.17) is 4.74 Å². The van der Waals surface area contributed by atoms with E-state index in [0.29, 0.717) is 11.4 Å². The van der Waals surface area contributed by atoms with Gasteiger partial charge >= 0.3 is 0 Å². The minimum atomic E-state index is -0.276. The highest BCUT2D eigenvalue weighted by atomic mass is 32.2. The van der Waals surface area contributed by atoms with Crippen LogP contribution in [0.2, 0.25) is 0 Å². The Morgan fingerprint density at radius 3 is 2.96 bits per heavy atom.